The highest BCUT2D eigenvalue weighted by atomic mass is 32.2. The predicted octanol–water partition coefficient (Wildman–Crippen LogP) is 3.41. The number of hydrogen-bond donors (Lipinski definition) is 1. The van der Waals surface area contributed by atoms with E-state index in [2.05, 4.69) is 0 Å². The molecule has 0 radical (unpaired) electrons. The molecule has 0 saturated heterocycles. The van der Waals surface area contributed by atoms with Crippen LogP contribution >= 0.6 is 11.8 Å². The average Bonchev–Trinajstić information content (AvgIpc) is 2.80. The van der Waals surface area contributed by atoms with E-state index >= 15 is 0 Å². The smallest absolute Gasteiger partial charge is 0.338 e. The molecular weight excluding hydrogens is 243 g/mol. The van der Waals surface area contributed by atoms with Gasteiger partial charge < -0.3 is 9.52 Å². The molecule has 0 fully saturated rings. The van der Waals surface area contributed by atoms with Gasteiger partial charge in [-0.3, -0.25) is 0 Å². The molecule has 0 spiro atoms. The SMILES string of the molecule is O=C(O)c1cc(SCc2ccoc2)ccc1F. The van der Waals surface area contributed by atoms with Crippen molar-refractivity contribution < 1.29 is 18.7 Å². The van der Waals surface area contributed by atoms with Gasteiger partial charge in [-0.1, -0.05) is 0 Å². The lowest BCUT2D eigenvalue weighted by Crippen LogP contribution is -2.00. The first kappa shape index (κ1) is 11.7. The van der Waals surface area contributed by atoms with E-state index in [1.807, 2.05) is 6.07 Å². The van der Waals surface area contributed by atoms with Crippen molar-refractivity contribution in [2.45, 2.75) is 10.6 Å². The van der Waals surface area contributed by atoms with Gasteiger partial charge in [0.25, 0.3) is 0 Å². The van der Waals surface area contributed by atoms with Gasteiger partial charge in [-0.2, -0.15) is 0 Å². The number of rotatable bonds is 4. The highest BCUT2D eigenvalue weighted by Crippen LogP contribution is 2.25. The van der Waals surface area contributed by atoms with E-state index in [9.17, 15) is 9.18 Å². The summed E-state index contributed by atoms with van der Waals surface area (Å²) in [5, 5.41) is 8.78. The standard InChI is InChI=1S/C12H9FO3S/c13-11-2-1-9(5-10(11)12(14)15)17-7-8-3-4-16-6-8/h1-6H,7H2,(H,14,15). The van der Waals surface area contributed by atoms with Crippen LogP contribution in [0.4, 0.5) is 4.39 Å². The molecule has 0 amide bonds. The molecular formula is C12H9FO3S. The number of carboxylic acid groups (broad SMARTS) is 1. The van der Waals surface area contributed by atoms with Gasteiger partial charge in [-0.25, -0.2) is 9.18 Å². The predicted molar refractivity (Wildman–Crippen MR) is 61.6 cm³/mol. The first-order valence-electron chi connectivity index (χ1n) is 4.83. The maximum atomic E-state index is 13.1. The minimum absolute atomic E-state index is 0.304. The van der Waals surface area contributed by atoms with Crippen molar-refractivity contribution in [3.8, 4) is 0 Å². The maximum absolute atomic E-state index is 13.1. The van der Waals surface area contributed by atoms with Crippen LogP contribution in [0.15, 0.2) is 46.1 Å². The fourth-order valence-electron chi connectivity index (χ4n) is 1.30. The molecule has 0 atom stereocenters. The zero-order chi connectivity index (χ0) is 12.3. The quantitative estimate of drug-likeness (QED) is 0.847. The Hall–Kier alpha value is -1.75. The Kier molecular flexibility index (Phi) is 3.49. The zero-order valence-electron chi connectivity index (χ0n) is 8.72. The van der Waals surface area contributed by atoms with Gasteiger partial charge in [0.15, 0.2) is 0 Å². The van der Waals surface area contributed by atoms with E-state index in [1.165, 1.54) is 23.9 Å². The lowest BCUT2D eigenvalue weighted by atomic mass is 10.2. The third-order valence-electron chi connectivity index (χ3n) is 2.15. The largest absolute Gasteiger partial charge is 0.478 e. The summed E-state index contributed by atoms with van der Waals surface area (Å²) in [7, 11) is 0. The van der Waals surface area contributed by atoms with Gasteiger partial charge in [-0.15, -0.1) is 11.8 Å². The molecule has 0 aliphatic carbocycles. The van der Waals surface area contributed by atoms with Crippen molar-refractivity contribution in [1.82, 2.24) is 0 Å². The molecule has 1 aromatic carbocycles. The minimum Gasteiger partial charge on any atom is -0.478 e. The summed E-state index contributed by atoms with van der Waals surface area (Å²) in [6.07, 6.45) is 3.19. The Morgan fingerprint density at radius 3 is 2.88 bits per heavy atom. The maximum Gasteiger partial charge on any atom is 0.338 e. The number of furan rings is 1. The molecule has 0 saturated carbocycles. The summed E-state index contributed by atoms with van der Waals surface area (Å²) in [6.45, 7) is 0. The summed E-state index contributed by atoms with van der Waals surface area (Å²) < 4.78 is 18.0. The normalized spacial score (nSPS) is 10.4. The Labute approximate surface area is 101 Å². The van der Waals surface area contributed by atoms with Crippen LogP contribution in [0.3, 0.4) is 0 Å². The highest BCUT2D eigenvalue weighted by Gasteiger charge is 2.11. The number of hydrogen-bond acceptors (Lipinski definition) is 3. The van der Waals surface area contributed by atoms with Crippen LogP contribution in [-0.4, -0.2) is 11.1 Å². The number of carboxylic acids is 1. The number of thioether (sulfide) groups is 1. The summed E-state index contributed by atoms with van der Waals surface area (Å²) >= 11 is 1.43. The number of aromatic carboxylic acids is 1. The monoisotopic (exact) mass is 252 g/mol. The van der Waals surface area contributed by atoms with Gasteiger partial charge in [0, 0.05) is 16.2 Å². The third kappa shape index (κ3) is 2.88. The molecule has 1 N–H and O–H groups in total. The van der Waals surface area contributed by atoms with Crippen LogP contribution < -0.4 is 0 Å². The Morgan fingerprint density at radius 1 is 1.41 bits per heavy atom. The lowest BCUT2D eigenvalue weighted by Gasteiger charge is -2.02. The molecule has 1 aromatic heterocycles. The molecule has 3 nitrogen and oxygen atoms in total. The fraction of sp³-hybridized carbons (Fsp3) is 0.0833. The van der Waals surface area contributed by atoms with Crippen molar-refractivity contribution in [1.29, 1.82) is 0 Å². The third-order valence-corrected chi connectivity index (χ3v) is 3.22. The summed E-state index contributed by atoms with van der Waals surface area (Å²) in [5.41, 5.74) is 0.693. The molecule has 5 heteroatoms. The van der Waals surface area contributed by atoms with E-state index in [-0.39, 0.29) is 5.56 Å². The summed E-state index contributed by atoms with van der Waals surface area (Å²) in [4.78, 5) is 11.5. The van der Waals surface area contributed by atoms with Crippen LogP contribution in [0.2, 0.25) is 0 Å². The average molecular weight is 252 g/mol. The van der Waals surface area contributed by atoms with Crippen LogP contribution in [0.25, 0.3) is 0 Å². The molecule has 0 bridgehead atoms. The number of benzene rings is 1. The fourth-order valence-corrected chi connectivity index (χ4v) is 2.16. The second kappa shape index (κ2) is 5.05. The first-order chi connectivity index (χ1) is 8.16. The number of halogens is 1. The molecule has 0 unspecified atom stereocenters. The zero-order valence-corrected chi connectivity index (χ0v) is 9.54. The van der Waals surface area contributed by atoms with E-state index < -0.39 is 11.8 Å². The molecule has 0 aliphatic heterocycles. The van der Waals surface area contributed by atoms with Gasteiger partial charge in [0.2, 0.25) is 0 Å². The summed E-state index contributed by atoms with van der Waals surface area (Å²) in [5.74, 6) is -1.32. The van der Waals surface area contributed by atoms with E-state index in [4.69, 9.17) is 9.52 Å². The van der Waals surface area contributed by atoms with Crippen molar-refractivity contribution in [3.63, 3.8) is 0 Å². The summed E-state index contributed by atoms with van der Waals surface area (Å²) in [6, 6.07) is 5.89. The van der Waals surface area contributed by atoms with Crippen molar-refractivity contribution in [2.24, 2.45) is 0 Å². The van der Waals surface area contributed by atoms with Crippen molar-refractivity contribution >= 4 is 17.7 Å². The van der Waals surface area contributed by atoms with E-state index in [0.717, 1.165) is 5.56 Å². The molecule has 2 rings (SSSR count). The lowest BCUT2D eigenvalue weighted by molar-refractivity contribution is 0.0691. The second-order valence-corrected chi connectivity index (χ2v) is 4.42. The minimum atomic E-state index is -1.26. The van der Waals surface area contributed by atoms with Gasteiger partial charge >= 0.3 is 5.97 Å². The number of carbonyl (C=O) groups is 1. The van der Waals surface area contributed by atoms with Crippen LogP contribution in [0.1, 0.15) is 15.9 Å². The topological polar surface area (TPSA) is 50.4 Å². The Balaban J connectivity index is 2.11. The molecule has 2 aromatic rings. The van der Waals surface area contributed by atoms with Gasteiger partial charge in [0.05, 0.1) is 18.1 Å². The van der Waals surface area contributed by atoms with Crippen molar-refractivity contribution in [2.75, 3.05) is 0 Å². The van der Waals surface area contributed by atoms with E-state index in [1.54, 1.807) is 18.6 Å². The highest BCUT2D eigenvalue weighted by molar-refractivity contribution is 7.98. The van der Waals surface area contributed by atoms with E-state index in [0.29, 0.717) is 10.6 Å². The van der Waals surface area contributed by atoms with Crippen LogP contribution in [-0.2, 0) is 5.75 Å². The molecule has 1 heterocycles. The second-order valence-electron chi connectivity index (χ2n) is 3.37. The van der Waals surface area contributed by atoms with Gasteiger partial charge in [0.1, 0.15) is 5.82 Å². The molecule has 88 valence electrons. The van der Waals surface area contributed by atoms with Crippen LogP contribution in [0, 0.1) is 5.82 Å². The van der Waals surface area contributed by atoms with Crippen LogP contribution in [0.5, 0.6) is 0 Å². The van der Waals surface area contributed by atoms with Crippen molar-refractivity contribution in [3.05, 3.63) is 53.7 Å². The molecule has 17 heavy (non-hydrogen) atoms. The van der Waals surface area contributed by atoms with Gasteiger partial charge in [-0.05, 0) is 24.3 Å². The molecule has 0 aliphatic rings. The first-order valence-corrected chi connectivity index (χ1v) is 5.82. The Bertz CT molecular complexity index is 523. The Morgan fingerprint density at radius 2 is 2.24 bits per heavy atom.